The quantitative estimate of drug-likeness (QED) is 0.528. The topological polar surface area (TPSA) is 130 Å². The molecule has 0 spiro atoms. The van der Waals surface area contributed by atoms with E-state index in [0.717, 1.165) is 4.90 Å². The van der Waals surface area contributed by atoms with Crippen LogP contribution < -0.4 is 14.4 Å². The van der Waals surface area contributed by atoms with Gasteiger partial charge in [0.25, 0.3) is 10.0 Å². The fraction of sp³-hybridized carbons (Fsp3) is 0.333. The van der Waals surface area contributed by atoms with Crippen LogP contribution in [0.25, 0.3) is 0 Å². The van der Waals surface area contributed by atoms with Crippen LogP contribution in [0.1, 0.15) is 26.7 Å². The van der Waals surface area contributed by atoms with Crippen molar-refractivity contribution in [2.45, 2.75) is 36.5 Å². The molecule has 2 amide bonds. The predicted octanol–water partition coefficient (Wildman–Crippen LogP) is 2.18. The molecule has 12 heteroatoms. The summed E-state index contributed by atoms with van der Waals surface area (Å²) in [6, 6.07) is 9.20. The number of ether oxygens (including phenoxy) is 1. The van der Waals surface area contributed by atoms with Crippen LogP contribution in [-0.4, -0.2) is 53.2 Å². The van der Waals surface area contributed by atoms with Gasteiger partial charge in [-0.3, -0.25) is 14.3 Å². The van der Waals surface area contributed by atoms with Gasteiger partial charge in [-0.25, -0.2) is 21.7 Å². The number of carbonyl (C=O) groups excluding carboxylic acids is 2. The van der Waals surface area contributed by atoms with Crippen molar-refractivity contribution in [3.05, 3.63) is 42.5 Å². The Morgan fingerprint density at radius 2 is 1.45 bits per heavy atom. The van der Waals surface area contributed by atoms with E-state index in [4.69, 9.17) is 4.74 Å². The van der Waals surface area contributed by atoms with Crippen LogP contribution >= 0.6 is 0 Å². The molecular formula is C21H25N3O7S2. The lowest BCUT2D eigenvalue weighted by Crippen LogP contribution is -2.30. The Bertz CT molecular complexity index is 1250. The molecule has 1 N–H and O–H groups in total. The number of methoxy groups -OCH3 is 1. The summed E-state index contributed by atoms with van der Waals surface area (Å²) in [6.45, 7) is 4.09. The second-order valence-corrected chi connectivity index (χ2v) is 10.8. The van der Waals surface area contributed by atoms with Gasteiger partial charge in [0, 0.05) is 31.6 Å². The predicted molar refractivity (Wildman–Crippen MR) is 122 cm³/mol. The summed E-state index contributed by atoms with van der Waals surface area (Å²) >= 11 is 0. The van der Waals surface area contributed by atoms with E-state index in [0.29, 0.717) is 13.1 Å². The van der Waals surface area contributed by atoms with Gasteiger partial charge in [0.1, 0.15) is 5.75 Å². The van der Waals surface area contributed by atoms with E-state index in [1.807, 2.05) is 0 Å². The molecule has 1 heterocycles. The largest absolute Gasteiger partial charge is 0.495 e. The Labute approximate surface area is 193 Å². The summed E-state index contributed by atoms with van der Waals surface area (Å²) in [5.74, 6) is -0.694. The average molecular weight is 496 g/mol. The van der Waals surface area contributed by atoms with Gasteiger partial charge in [-0.2, -0.15) is 4.31 Å². The number of nitrogens with one attached hydrogen (secondary N) is 1. The second-order valence-electron chi connectivity index (χ2n) is 7.18. The van der Waals surface area contributed by atoms with E-state index in [1.165, 1.54) is 53.9 Å². The number of hydrogen-bond acceptors (Lipinski definition) is 7. The lowest BCUT2D eigenvalue weighted by atomic mass is 10.2. The SMILES string of the molecule is CCN(CC)S(=O)(=O)c1ccc(NS(=O)(=O)c2ccc(OC)c(N3C(=O)CCC3=O)c2)cc1. The minimum atomic E-state index is -4.11. The van der Waals surface area contributed by atoms with Crippen LogP contribution in [0.4, 0.5) is 11.4 Å². The number of nitrogens with zero attached hydrogens (tertiary/aromatic N) is 2. The smallest absolute Gasteiger partial charge is 0.261 e. The molecule has 2 aromatic rings. The van der Waals surface area contributed by atoms with Crippen molar-refractivity contribution in [2.24, 2.45) is 0 Å². The lowest BCUT2D eigenvalue weighted by Gasteiger charge is -2.19. The van der Waals surface area contributed by atoms with Gasteiger partial charge >= 0.3 is 0 Å². The number of imide groups is 1. The van der Waals surface area contributed by atoms with Crippen molar-refractivity contribution in [1.29, 1.82) is 0 Å². The number of carbonyl (C=O) groups is 2. The maximum absolute atomic E-state index is 12.9. The summed E-state index contributed by atoms with van der Waals surface area (Å²) in [7, 11) is -6.44. The van der Waals surface area contributed by atoms with E-state index < -0.39 is 31.9 Å². The molecule has 1 saturated heterocycles. The maximum Gasteiger partial charge on any atom is 0.261 e. The molecule has 1 aliphatic heterocycles. The van der Waals surface area contributed by atoms with Gasteiger partial charge in [0.05, 0.1) is 22.6 Å². The molecule has 0 aliphatic carbocycles. The zero-order valence-corrected chi connectivity index (χ0v) is 20.1. The maximum atomic E-state index is 12.9. The summed E-state index contributed by atoms with van der Waals surface area (Å²) in [5, 5.41) is 0. The fourth-order valence-corrected chi connectivity index (χ4v) is 6.01. The van der Waals surface area contributed by atoms with Crippen LogP contribution in [0.2, 0.25) is 0 Å². The second kappa shape index (κ2) is 9.49. The molecule has 3 rings (SSSR count). The molecule has 2 aromatic carbocycles. The highest BCUT2D eigenvalue weighted by molar-refractivity contribution is 7.92. The Hall–Kier alpha value is -2.96. The van der Waals surface area contributed by atoms with Gasteiger partial charge in [-0.15, -0.1) is 0 Å². The third-order valence-corrected chi connectivity index (χ3v) is 8.65. The molecule has 10 nitrogen and oxygen atoms in total. The van der Waals surface area contributed by atoms with Crippen LogP contribution in [-0.2, 0) is 29.6 Å². The lowest BCUT2D eigenvalue weighted by molar-refractivity contribution is -0.121. The Balaban J connectivity index is 1.90. The van der Waals surface area contributed by atoms with Gasteiger partial charge in [0.2, 0.25) is 21.8 Å². The average Bonchev–Trinajstić information content (AvgIpc) is 3.11. The summed E-state index contributed by atoms with van der Waals surface area (Å²) in [4.78, 5) is 25.1. The van der Waals surface area contributed by atoms with Crippen molar-refractivity contribution < 1.29 is 31.2 Å². The van der Waals surface area contributed by atoms with Crippen LogP contribution in [0.15, 0.2) is 52.3 Å². The molecule has 1 fully saturated rings. The number of amides is 2. The first-order valence-corrected chi connectivity index (χ1v) is 13.1. The first-order chi connectivity index (χ1) is 15.5. The normalized spacial score (nSPS) is 14.7. The Kier molecular flexibility index (Phi) is 7.10. The number of benzene rings is 2. The fourth-order valence-electron chi connectivity index (χ4n) is 3.48. The van der Waals surface area contributed by atoms with Gasteiger partial charge in [0.15, 0.2) is 0 Å². The number of hydrogen-bond donors (Lipinski definition) is 1. The van der Waals surface area contributed by atoms with E-state index in [9.17, 15) is 26.4 Å². The van der Waals surface area contributed by atoms with Gasteiger partial charge in [-0.05, 0) is 42.5 Å². The molecular weight excluding hydrogens is 470 g/mol. The van der Waals surface area contributed by atoms with Gasteiger partial charge < -0.3 is 4.74 Å². The monoisotopic (exact) mass is 495 g/mol. The van der Waals surface area contributed by atoms with Crippen molar-refractivity contribution in [2.75, 3.05) is 29.8 Å². The van der Waals surface area contributed by atoms with E-state index in [2.05, 4.69) is 4.72 Å². The zero-order chi connectivity index (χ0) is 24.4. The van der Waals surface area contributed by atoms with Crippen LogP contribution in [0.3, 0.4) is 0 Å². The minimum absolute atomic E-state index is 0.0416. The number of sulfonamides is 2. The molecule has 0 radical (unpaired) electrons. The summed E-state index contributed by atoms with van der Waals surface area (Å²) < 4.78 is 60.0. The Morgan fingerprint density at radius 3 is 1.97 bits per heavy atom. The van der Waals surface area contributed by atoms with E-state index in [1.54, 1.807) is 13.8 Å². The van der Waals surface area contributed by atoms with E-state index in [-0.39, 0.29) is 39.8 Å². The first kappa shape index (κ1) is 24.7. The van der Waals surface area contributed by atoms with Crippen LogP contribution in [0, 0.1) is 0 Å². The van der Waals surface area contributed by atoms with Crippen LogP contribution in [0.5, 0.6) is 5.75 Å². The highest BCUT2D eigenvalue weighted by Crippen LogP contribution is 2.34. The number of rotatable bonds is 9. The summed E-state index contributed by atoms with van der Waals surface area (Å²) in [5.41, 5.74) is 0.202. The molecule has 178 valence electrons. The molecule has 0 bridgehead atoms. The molecule has 0 atom stereocenters. The van der Waals surface area contributed by atoms with Gasteiger partial charge in [-0.1, -0.05) is 13.8 Å². The van der Waals surface area contributed by atoms with E-state index >= 15 is 0 Å². The Morgan fingerprint density at radius 1 is 0.909 bits per heavy atom. The first-order valence-electron chi connectivity index (χ1n) is 10.2. The van der Waals surface area contributed by atoms with Crippen molar-refractivity contribution in [1.82, 2.24) is 4.31 Å². The van der Waals surface area contributed by atoms with Crippen molar-refractivity contribution >= 4 is 43.2 Å². The molecule has 0 saturated carbocycles. The molecule has 0 aromatic heterocycles. The van der Waals surface area contributed by atoms with Crippen molar-refractivity contribution in [3.63, 3.8) is 0 Å². The summed E-state index contributed by atoms with van der Waals surface area (Å²) in [6.07, 6.45) is 0.0833. The highest BCUT2D eigenvalue weighted by Gasteiger charge is 2.33. The highest BCUT2D eigenvalue weighted by atomic mass is 32.2. The minimum Gasteiger partial charge on any atom is -0.495 e. The standard InChI is InChI=1S/C21H25N3O7S2/c1-4-23(5-2)33(29,30)16-8-6-15(7-9-16)22-32(27,28)17-10-11-19(31-3)18(14-17)24-20(25)12-13-21(24)26/h6-11,14,22H,4-5,12-13H2,1-3H3. The third-order valence-electron chi connectivity index (χ3n) is 5.20. The number of anilines is 2. The molecule has 0 unspecified atom stereocenters. The third kappa shape index (κ3) is 4.87. The molecule has 1 aliphatic rings. The zero-order valence-electron chi connectivity index (χ0n) is 18.4. The molecule has 33 heavy (non-hydrogen) atoms. The van der Waals surface area contributed by atoms with Crippen molar-refractivity contribution in [3.8, 4) is 5.75 Å².